The van der Waals surface area contributed by atoms with Gasteiger partial charge in [0.05, 0.1) is 24.4 Å². The number of aromatic nitrogens is 5. The highest BCUT2D eigenvalue weighted by Gasteiger charge is 2.25. The lowest BCUT2D eigenvalue weighted by Crippen LogP contribution is -2.36. The average molecular weight is 354 g/mol. The van der Waals surface area contributed by atoms with Gasteiger partial charge >= 0.3 is 0 Å². The standard InChI is InChI=1S/C19H26N6O/c1-13(2)25-19-15(10-23-25)6-14(9-22-19)8-21-16-4-5-26-18(7-16)17-11-20-12-24(17)3/h6,9-13,16,18,21H,4-5,7-8H2,1-3H3/t16-,18-/m0/s1. The van der Waals surface area contributed by atoms with Crippen LogP contribution in [-0.4, -0.2) is 37.0 Å². The van der Waals surface area contributed by atoms with E-state index in [1.807, 2.05) is 41.2 Å². The lowest BCUT2D eigenvalue weighted by molar-refractivity contribution is -0.00404. The van der Waals surface area contributed by atoms with Gasteiger partial charge in [-0.2, -0.15) is 5.10 Å². The van der Waals surface area contributed by atoms with E-state index in [-0.39, 0.29) is 6.10 Å². The molecule has 1 aliphatic heterocycles. The Morgan fingerprint density at radius 2 is 2.19 bits per heavy atom. The monoisotopic (exact) mass is 354 g/mol. The minimum atomic E-state index is 0.110. The van der Waals surface area contributed by atoms with Crippen molar-refractivity contribution in [2.24, 2.45) is 7.05 Å². The number of hydrogen-bond donors (Lipinski definition) is 1. The van der Waals surface area contributed by atoms with Gasteiger partial charge < -0.3 is 14.6 Å². The Hall–Kier alpha value is -2.25. The molecule has 2 atom stereocenters. The minimum absolute atomic E-state index is 0.110. The summed E-state index contributed by atoms with van der Waals surface area (Å²) in [5.41, 5.74) is 3.27. The summed E-state index contributed by atoms with van der Waals surface area (Å²) in [6.07, 6.45) is 9.67. The third-order valence-electron chi connectivity index (χ3n) is 5.04. The molecule has 0 unspecified atom stereocenters. The van der Waals surface area contributed by atoms with Gasteiger partial charge in [-0.15, -0.1) is 0 Å². The molecule has 1 saturated heterocycles. The van der Waals surface area contributed by atoms with E-state index in [0.29, 0.717) is 12.1 Å². The number of nitrogens with zero attached hydrogens (tertiary/aromatic N) is 5. The fraction of sp³-hybridized carbons (Fsp3) is 0.526. The summed E-state index contributed by atoms with van der Waals surface area (Å²) < 4.78 is 9.94. The number of pyridine rings is 1. The molecule has 138 valence electrons. The predicted molar refractivity (Wildman–Crippen MR) is 99.7 cm³/mol. The van der Waals surface area contributed by atoms with Crippen LogP contribution in [0.15, 0.2) is 31.0 Å². The highest BCUT2D eigenvalue weighted by atomic mass is 16.5. The van der Waals surface area contributed by atoms with Crippen LogP contribution in [-0.2, 0) is 18.3 Å². The minimum Gasteiger partial charge on any atom is -0.372 e. The summed E-state index contributed by atoms with van der Waals surface area (Å²) in [5.74, 6) is 0. The van der Waals surface area contributed by atoms with Gasteiger partial charge in [0.15, 0.2) is 5.65 Å². The molecule has 0 amide bonds. The molecule has 0 radical (unpaired) electrons. The summed E-state index contributed by atoms with van der Waals surface area (Å²) in [7, 11) is 2.01. The van der Waals surface area contributed by atoms with E-state index in [2.05, 4.69) is 40.3 Å². The molecule has 1 fully saturated rings. The van der Waals surface area contributed by atoms with E-state index in [1.54, 1.807) is 0 Å². The molecule has 0 aliphatic carbocycles. The quantitative estimate of drug-likeness (QED) is 0.763. The molecule has 3 aromatic heterocycles. The van der Waals surface area contributed by atoms with Crippen LogP contribution in [0, 0.1) is 0 Å². The molecule has 7 heteroatoms. The van der Waals surface area contributed by atoms with Crippen LogP contribution < -0.4 is 5.32 Å². The van der Waals surface area contributed by atoms with Gasteiger partial charge in [0, 0.05) is 43.9 Å². The number of fused-ring (bicyclic) bond motifs is 1. The van der Waals surface area contributed by atoms with Crippen LogP contribution in [0.5, 0.6) is 0 Å². The number of rotatable bonds is 5. The summed E-state index contributed by atoms with van der Waals surface area (Å²) in [6, 6.07) is 2.92. The van der Waals surface area contributed by atoms with Crippen LogP contribution in [0.1, 0.15) is 50.1 Å². The second-order valence-electron chi connectivity index (χ2n) is 7.33. The SMILES string of the molecule is CC(C)n1ncc2cc(CN[C@H]3CCO[C@H](c4cncn4C)C3)cnc21. The highest BCUT2D eigenvalue weighted by Crippen LogP contribution is 2.27. The molecule has 4 heterocycles. The van der Waals surface area contributed by atoms with Gasteiger partial charge in [-0.05, 0) is 38.3 Å². The van der Waals surface area contributed by atoms with Crippen LogP contribution in [0.25, 0.3) is 11.0 Å². The second-order valence-corrected chi connectivity index (χ2v) is 7.33. The molecule has 1 N–H and O–H groups in total. The number of ether oxygens (including phenoxy) is 1. The Morgan fingerprint density at radius 3 is 2.96 bits per heavy atom. The maximum absolute atomic E-state index is 5.94. The first-order valence-corrected chi connectivity index (χ1v) is 9.25. The molecular formula is C19H26N6O. The zero-order chi connectivity index (χ0) is 18.1. The predicted octanol–water partition coefficient (Wildman–Crippen LogP) is 2.76. The molecule has 3 aromatic rings. The van der Waals surface area contributed by atoms with Crippen LogP contribution in [0.3, 0.4) is 0 Å². The van der Waals surface area contributed by atoms with Crippen molar-refractivity contribution in [3.8, 4) is 0 Å². The zero-order valence-corrected chi connectivity index (χ0v) is 15.6. The highest BCUT2D eigenvalue weighted by molar-refractivity contribution is 5.75. The topological polar surface area (TPSA) is 69.8 Å². The van der Waals surface area contributed by atoms with Crippen molar-refractivity contribution in [2.45, 2.75) is 51.4 Å². The lowest BCUT2D eigenvalue weighted by Gasteiger charge is -2.30. The van der Waals surface area contributed by atoms with Crippen LogP contribution >= 0.6 is 0 Å². The van der Waals surface area contributed by atoms with Crippen LogP contribution in [0.4, 0.5) is 0 Å². The van der Waals surface area contributed by atoms with E-state index in [4.69, 9.17) is 4.74 Å². The van der Waals surface area contributed by atoms with Crippen molar-refractivity contribution in [3.63, 3.8) is 0 Å². The number of aryl methyl sites for hydroxylation is 1. The fourth-order valence-electron chi connectivity index (χ4n) is 3.59. The Balaban J connectivity index is 1.40. The van der Waals surface area contributed by atoms with Gasteiger partial charge in [-0.3, -0.25) is 0 Å². The molecular weight excluding hydrogens is 328 g/mol. The van der Waals surface area contributed by atoms with Gasteiger partial charge in [0.25, 0.3) is 0 Å². The summed E-state index contributed by atoms with van der Waals surface area (Å²) in [6.45, 7) is 5.81. The van der Waals surface area contributed by atoms with Gasteiger partial charge in [-0.1, -0.05) is 0 Å². The van der Waals surface area contributed by atoms with Gasteiger partial charge in [0.1, 0.15) is 6.10 Å². The van der Waals surface area contributed by atoms with E-state index in [0.717, 1.165) is 42.7 Å². The van der Waals surface area contributed by atoms with Crippen molar-refractivity contribution < 1.29 is 4.74 Å². The van der Waals surface area contributed by atoms with Gasteiger partial charge in [0.2, 0.25) is 0 Å². The molecule has 0 saturated carbocycles. The number of imidazole rings is 1. The maximum atomic E-state index is 5.94. The van der Waals surface area contributed by atoms with E-state index in [1.165, 1.54) is 5.56 Å². The van der Waals surface area contributed by atoms with E-state index >= 15 is 0 Å². The molecule has 7 nitrogen and oxygen atoms in total. The number of nitrogens with one attached hydrogen (secondary N) is 1. The third-order valence-corrected chi connectivity index (χ3v) is 5.04. The molecule has 26 heavy (non-hydrogen) atoms. The largest absolute Gasteiger partial charge is 0.372 e. The molecule has 0 aromatic carbocycles. The summed E-state index contributed by atoms with van der Waals surface area (Å²) >= 11 is 0. The van der Waals surface area contributed by atoms with Crippen molar-refractivity contribution in [1.82, 2.24) is 29.6 Å². The molecule has 0 bridgehead atoms. The van der Waals surface area contributed by atoms with Gasteiger partial charge in [-0.25, -0.2) is 14.6 Å². The van der Waals surface area contributed by atoms with Crippen molar-refractivity contribution in [3.05, 3.63) is 42.2 Å². The Bertz CT molecular complexity index is 883. The first-order chi connectivity index (χ1) is 12.6. The summed E-state index contributed by atoms with van der Waals surface area (Å²) in [4.78, 5) is 8.82. The lowest BCUT2D eigenvalue weighted by atomic mass is 10.0. The average Bonchev–Trinajstić information content (AvgIpc) is 3.26. The summed E-state index contributed by atoms with van der Waals surface area (Å²) in [5, 5.41) is 9.20. The molecule has 4 rings (SSSR count). The smallest absolute Gasteiger partial charge is 0.157 e. The Morgan fingerprint density at radius 1 is 1.31 bits per heavy atom. The second kappa shape index (κ2) is 7.17. The Kier molecular flexibility index (Phi) is 4.74. The molecule has 1 aliphatic rings. The van der Waals surface area contributed by atoms with E-state index in [9.17, 15) is 0 Å². The first kappa shape index (κ1) is 17.2. The zero-order valence-electron chi connectivity index (χ0n) is 15.6. The normalized spacial score (nSPS) is 20.9. The maximum Gasteiger partial charge on any atom is 0.157 e. The van der Waals surface area contributed by atoms with E-state index < -0.39 is 0 Å². The Labute approximate surface area is 153 Å². The molecule has 0 spiro atoms. The van der Waals surface area contributed by atoms with Crippen molar-refractivity contribution >= 4 is 11.0 Å². The van der Waals surface area contributed by atoms with Crippen molar-refractivity contribution in [1.29, 1.82) is 0 Å². The fourth-order valence-corrected chi connectivity index (χ4v) is 3.59. The first-order valence-electron chi connectivity index (χ1n) is 9.25. The third kappa shape index (κ3) is 3.37. The van der Waals surface area contributed by atoms with Crippen LogP contribution in [0.2, 0.25) is 0 Å². The van der Waals surface area contributed by atoms with Crippen molar-refractivity contribution in [2.75, 3.05) is 6.61 Å². The number of hydrogen-bond acceptors (Lipinski definition) is 5.